The van der Waals surface area contributed by atoms with E-state index in [0.717, 1.165) is 32.5 Å². The zero-order chi connectivity index (χ0) is 14.8. The molecule has 114 valence electrons. The normalized spacial score (nSPS) is 22.5. The van der Waals surface area contributed by atoms with Crippen LogP contribution in [0.1, 0.15) is 44.6 Å². The molecule has 1 amide bonds. The van der Waals surface area contributed by atoms with E-state index >= 15 is 0 Å². The molecular weight excluding hydrogens is 260 g/mol. The molecule has 1 aromatic carbocycles. The Balaban J connectivity index is 1.77. The van der Waals surface area contributed by atoms with Gasteiger partial charge in [-0.15, -0.1) is 0 Å². The monoisotopic (exact) mass is 286 g/mol. The molecule has 1 aliphatic heterocycles. The van der Waals surface area contributed by atoms with Gasteiger partial charge in [-0.1, -0.05) is 37.3 Å². The first-order valence-electron chi connectivity index (χ1n) is 8.25. The van der Waals surface area contributed by atoms with Crippen LogP contribution in [-0.4, -0.2) is 25.5 Å². The van der Waals surface area contributed by atoms with Gasteiger partial charge in [0.1, 0.15) is 0 Å². The smallest absolute Gasteiger partial charge is 0.230 e. The predicted octanol–water partition coefficient (Wildman–Crippen LogP) is 2.61. The number of amides is 1. The SMILES string of the molecule is CCC1(CNC(=O)C2(c3ccccc3)CCNCC2)CC1. The second-order valence-corrected chi connectivity index (χ2v) is 6.73. The van der Waals surface area contributed by atoms with E-state index in [1.54, 1.807) is 0 Å². The molecule has 0 atom stereocenters. The fraction of sp³-hybridized carbons (Fsp3) is 0.611. The summed E-state index contributed by atoms with van der Waals surface area (Å²) in [6.45, 7) is 4.92. The van der Waals surface area contributed by atoms with Crippen molar-refractivity contribution in [1.29, 1.82) is 0 Å². The highest BCUT2D eigenvalue weighted by atomic mass is 16.2. The topological polar surface area (TPSA) is 41.1 Å². The molecule has 3 nitrogen and oxygen atoms in total. The molecule has 1 heterocycles. The summed E-state index contributed by atoms with van der Waals surface area (Å²) in [4.78, 5) is 13.0. The van der Waals surface area contributed by atoms with E-state index in [-0.39, 0.29) is 11.3 Å². The number of rotatable bonds is 5. The summed E-state index contributed by atoms with van der Waals surface area (Å²) in [6, 6.07) is 10.3. The molecule has 3 rings (SSSR count). The Kier molecular flexibility index (Phi) is 4.03. The number of hydrogen-bond acceptors (Lipinski definition) is 2. The number of hydrogen-bond donors (Lipinski definition) is 2. The zero-order valence-corrected chi connectivity index (χ0v) is 13.0. The van der Waals surface area contributed by atoms with E-state index in [0.29, 0.717) is 5.41 Å². The average Bonchev–Trinajstić information content (AvgIpc) is 3.35. The first-order chi connectivity index (χ1) is 10.2. The standard InChI is InChI=1S/C18H26N2O/c1-2-17(8-9-17)14-20-16(21)18(10-12-19-13-11-18)15-6-4-3-5-7-15/h3-7,19H,2,8-14H2,1H3,(H,20,21). The minimum atomic E-state index is -0.337. The van der Waals surface area contributed by atoms with Crippen molar-refractivity contribution >= 4 is 5.91 Å². The molecule has 0 spiro atoms. The summed E-state index contributed by atoms with van der Waals surface area (Å²) in [5.74, 6) is 0.231. The van der Waals surface area contributed by atoms with Crippen molar-refractivity contribution in [2.24, 2.45) is 5.41 Å². The summed E-state index contributed by atoms with van der Waals surface area (Å²) in [5.41, 5.74) is 1.24. The van der Waals surface area contributed by atoms with Crippen molar-refractivity contribution in [3.8, 4) is 0 Å². The molecule has 2 aliphatic rings. The van der Waals surface area contributed by atoms with Crippen LogP contribution in [0.3, 0.4) is 0 Å². The van der Waals surface area contributed by atoms with Crippen LogP contribution >= 0.6 is 0 Å². The number of nitrogens with one attached hydrogen (secondary N) is 2. The van der Waals surface area contributed by atoms with Crippen molar-refractivity contribution in [1.82, 2.24) is 10.6 Å². The maximum atomic E-state index is 13.0. The highest BCUT2D eigenvalue weighted by Gasteiger charge is 2.44. The van der Waals surface area contributed by atoms with Crippen LogP contribution in [0.15, 0.2) is 30.3 Å². The lowest BCUT2D eigenvalue weighted by molar-refractivity contribution is -0.128. The first kappa shape index (κ1) is 14.6. The molecule has 3 heteroatoms. The summed E-state index contributed by atoms with van der Waals surface area (Å²) in [6.07, 6.45) is 5.49. The average molecular weight is 286 g/mol. The van der Waals surface area contributed by atoms with E-state index in [4.69, 9.17) is 0 Å². The Morgan fingerprint density at radius 3 is 2.38 bits per heavy atom. The molecule has 1 aliphatic carbocycles. The van der Waals surface area contributed by atoms with Gasteiger partial charge < -0.3 is 10.6 Å². The van der Waals surface area contributed by atoms with Gasteiger partial charge >= 0.3 is 0 Å². The molecule has 2 N–H and O–H groups in total. The lowest BCUT2D eigenvalue weighted by Crippen LogP contribution is -2.51. The number of piperidine rings is 1. The highest BCUT2D eigenvalue weighted by Crippen LogP contribution is 2.48. The Labute approximate surface area is 127 Å². The van der Waals surface area contributed by atoms with Gasteiger partial charge in [-0.2, -0.15) is 0 Å². The van der Waals surface area contributed by atoms with Gasteiger partial charge in [0.25, 0.3) is 0 Å². The third-order valence-electron chi connectivity index (χ3n) is 5.55. The van der Waals surface area contributed by atoms with E-state index in [9.17, 15) is 4.79 Å². The van der Waals surface area contributed by atoms with Crippen LogP contribution in [0.4, 0.5) is 0 Å². The second kappa shape index (κ2) is 5.80. The van der Waals surface area contributed by atoms with Crippen LogP contribution in [0.25, 0.3) is 0 Å². The summed E-state index contributed by atoms with van der Waals surface area (Å²) < 4.78 is 0. The largest absolute Gasteiger partial charge is 0.355 e. The molecule has 0 unspecified atom stereocenters. The third kappa shape index (κ3) is 2.84. The minimum absolute atomic E-state index is 0.231. The van der Waals surface area contributed by atoms with E-state index in [1.807, 2.05) is 18.2 Å². The van der Waals surface area contributed by atoms with Crippen LogP contribution in [0.2, 0.25) is 0 Å². The summed E-state index contributed by atoms with van der Waals surface area (Å²) >= 11 is 0. The second-order valence-electron chi connectivity index (χ2n) is 6.73. The Hall–Kier alpha value is -1.35. The molecule has 0 bridgehead atoms. The first-order valence-corrected chi connectivity index (χ1v) is 8.25. The molecular formula is C18H26N2O. The van der Waals surface area contributed by atoms with Crippen LogP contribution < -0.4 is 10.6 Å². The van der Waals surface area contributed by atoms with Crippen molar-refractivity contribution in [3.63, 3.8) is 0 Å². The van der Waals surface area contributed by atoms with Gasteiger partial charge in [-0.05, 0) is 56.2 Å². The van der Waals surface area contributed by atoms with Crippen LogP contribution in [0, 0.1) is 5.41 Å². The molecule has 1 saturated carbocycles. The number of carbonyl (C=O) groups is 1. The zero-order valence-electron chi connectivity index (χ0n) is 13.0. The molecule has 0 aromatic heterocycles. The van der Waals surface area contributed by atoms with E-state index in [2.05, 4.69) is 29.7 Å². The maximum absolute atomic E-state index is 13.0. The van der Waals surface area contributed by atoms with Gasteiger partial charge in [0.05, 0.1) is 5.41 Å². The third-order valence-corrected chi connectivity index (χ3v) is 5.55. The van der Waals surface area contributed by atoms with Gasteiger partial charge in [0.2, 0.25) is 5.91 Å². The van der Waals surface area contributed by atoms with Gasteiger partial charge in [-0.25, -0.2) is 0 Å². The van der Waals surface area contributed by atoms with Crippen LogP contribution in [0.5, 0.6) is 0 Å². The summed E-state index contributed by atoms with van der Waals surface area (Å²) in [7, 11) is 0. The van der Waals surface area contributed by atoms with Gasteiger partial charge in [-0.3, -0.25) is 4.79 Å². The Morgan fingerprint density at radius 1 is 1.14 bits per heavy atom. The molecule has 1 aromatic rings. The van der Waals surface area contributed by atoms with E-state index in [1.165, 1.54) is 24.8 Å². The fourth-order valence-electron chi connectivity index (χ4n) is 3.53. The maximum Gasteiger partial charge on any atom is 0.230 e. The van der Waals surface area contributed by atoms with Crippen LogP contribution in [-0.2, 0) is 10.2 Å². The fourth-order valence-corrected chi connectivity index (χ4v) is 3.53. The van der Waals surface area contributed by atoms with Gasteiger partial charge in [0, 0.05) is 6.54 Å². The van der Waals surface area contributed by atoms with Crippen molar-refractivity contribution in [2.75, 3.05) is 19.6 Å². The van der Waals surface area contributed by atoms with E-state index < -0.39 is 0 Å². The minimum Gasteiger partial charge on any atom is -0.355 e. The summed E-state index contributed by atoms with van der Waals surface area (Å²) in [5, 5.41) is 6.66. The lowest BCUT2D eigenvalue weighted by Gasteiger charge is -2.37. The number of benzene rings is 1. The quantitative estimate of drug-likeness (QED) is 0.873. The van der Waals surface area contributed by atoms with Crippen molar-refractivity contribution in [3.05, 3.63) is 35.9 Å². The molecule has 2 fully saturated rings. The van der Waals surface area contributed by atoms with Crippen molar-refractivity contribution < 1.29 is 4.79 Å². The van der Waals surface area contributed by atoms with Crippen molar-refractivity contribution in [2.45, 2.75) is 44.4 Å². The van der Waals surface area contributed by atoms with Gasteiger partial charge in [0.15, 0.2) is 0 Å². The molecule has 21 heavy (non-hydrogen) atoms. The molecule has 1 saturated heterocycles. The Morgan fingerprint density at radius 2 is 1.81 bits per heavy atom. The number of carbonyl (C=O) groups excluding carboxylic acids is 1. The highest BCUT2D eigenvalue weighted by molar-refractivity contribution is 5.88. The lowest BCUT2D eigenvalue weighted by atomic mass is 9.72. The Bertz CT molecular complexity index is 487. The predicted molar refractivity (Wildman–Crippen MR) is 85.2 cm³/mol. The molecule has 0 radical (unpaired) electrons.